The summed E-state index contributed by atoms with van der Waals surface area (Å²) in [5, 5.41) is 2.98. The molecule has 0 fully saturated rings. The van der Waals surface area contributed by atoms with Gasteiger partial charge < -0.3 is 11.1 Å². The Balaban J connectivity index is 2.79. The lowest BCUT2D eigenvalue weighted by Gasteiger charge is -2.15. The molecule has 3 N–H and O–H groups in total. The maximum absolute atomic E-state index is 13.2. The van der Waals surface area contributed by atoms with E-state index in [2.05, 4.69) is 15.3 Å². The largest absolute Gasteiger partial charge is 0.368 e. The highest BCUT2D eigenvalue weighted by atomic mass is 19.1. The number of halogens is 1. The van der Waals surface area contributed by atoms with Crippen LogP contribution in [0.2, 0.25) is 0 Å². The topological polar surface area (TPSA) is 63.8 Å². The average Bonchev–Trinajstić information content (AvgIpc) is 2.19. The van der Waals surface area contributed by atoms with E-state index < -0.39 is 5.82 Å². The van der Waals surface area contributed by atoms with Gasteiger partial charge in [0.1, 0.15) is 0 Å². The zero-order valence-electron chi connectivity index (χ0n) is 8.42. The van der Waals surface area contributed by atoms with Crippen molar-refractivity contribution in [3.05, 3.63) is 12.0 Å². The Hall–Kier alpha value is -1.39. The van der Waals surface area contributed by atoms with Crippen LogP contribution in [0.5, 0.6) is 0 Å². The van der Waals surface area contributed by atoms with Crippen LogP contribution in [0.15, 0.2) is 6.20 Å². The van der Waals surface area contributed by atoms with Crippen molar-refractivity contribution >= 4 is 11.8 Å². The third kappa shape index (κ3) is 2.55. The van der Waals surface area contributed by atoms with Gasteiger partial charge in [-0.05, 0) is 12.8 Å². The summed E-state index contributed by atoms with van der Waals surface area (Å²) in [5.74, 6) is -0.197. The summed E-state index contributed by atoms with van der Waals surface area (Å²) in [4.78, 5) is 7.34. The van der Waals surface area contributed by atoms with Crippen LogP contribution >= 0.6 is 0 Å². The predicted molar refractivity (Wildman–Crippen MR) is 54.4 cm³/mol. The number of nitrogen functional groups attached to an aromatic ring is 1. The second-order valence-electron chi connectivity index (χ2n) is 3.08. The lowest BCUT2D eigenvalue weighted by atomic mass is 10.2. The Labute approximate surface area is 82.8 Å². The van der Waals surface area contributed by atoms with Gasteiger partial charge in [-0.15, -0.1) is 0 Å². The minimum Gasteiger partial charge on any atom is -0.368 e. The predicted octanol–water partition coefficient (Wildman–Crippen LogP) is 1.80. The Morgan fingerprint density at radius 2 is 2.14 bits per heavy atom. The lowest BCUT2D eigenvalue weighted by Crippen LogP contribution is -2.19. The van der Waals surface area contributed by atoms with Crippen molar-refractivity contribution in [1.29, 1.82) is 0 Å². The highest BCUT2D eigenvalue weighted by molar-refractivity contribution is 5.39. The normalized spacial score (nSPS) is 10.6. The van der Waals surface area contributed by atoms with Gasteiger partial charge in [-0.2, -0.15) is 4.98 Å². The van der Waals surface area contributed by atoms with E-state index in [1.807, 2.05) is 13.8 Å². The van der Waals surface area contributed by atoms with Gasteiger partial charge in [-0.25, -0.2) is 9.37 Å². The molecule has 0 saturated carbocycles. The molecule has 5 heteroatoms. The molecular formula is C9H15FN4. The molecule has 0 aliphatic carbocycles. The van der Waals surface area contributed by atoms with E-state index in [0.29, 0.717) is 0 Å². The number of rotatable bonds is 4. The van der Waals surface area contributed by atoms with Gasteiger partial charge in [-0.3, -0.25) is 0 Å². The standard InChI is InChI=1S/C9H15FN4/c1-3-6(4-2)13-8-7(10)5-12-9(11)14-8/h5-6H,3-4H2,1-2H3,(H3,11,12,13,14). The van der Waals surface area contributed by atoms with Gasteiger partial charge >= 0.3 is 0 Å². The molecule has 1 aromatic heterocycles. The van der Waals surface area contributed by atoms with E-state index in [4.69, 9.17) is 5.73 Å². The van der Waals surface area contributed by atoms with Crippen LogP contribution in [0.3, 0.4) is 0 Å². The van der Waals surface area contributed by atoms with Crippen molar-refractivity contribution in [1.82, 2.24) is 9.97 Å². The van der Waals surface area contributed by atoms with Gasteiger partial charge in [0.25, 0.3) is 0 Å². The molecule has 0 aliphatic rings. The SMILES string of the molecule is CCC(CC)Nc1nc(N)ncc1F. The molecule has 0 radical (unpaired) electrons. The number of hydrogen-bond donors (Lipinski definition) is 2. The van der Waals surface area contributed by atoms with E-state index in [9.17, 15) is 4.39 Å². The molecule has 0 atom stereocenters. The van der Waals surface area contributed by atoms with Crippen molar-refractivity contribution in [2.45, 2.75) is 32.7 Å². The van der Waals surface area contributed by atoms with Gasteiger partial charge in [-0.1, -0.05) is 13.8 Å². The Kier molecular flexibility index (Phi) is 3.62. The fourth-order valence-electron chi connectivity index (χ4n) is 1.17. The molecule has 1 rings (SSSR count). The number of nitrogens with two attached hydrogens (primary N) is 1. The molecule has 1 heterocycles. The molecule has 0 aromatic carbocycles. The zero-order valence-corrected chi connectivity index (χ0v) is 8.42. The van der Waals surface area contributed by atoms with Gasteiger partial charge in [0, 0.05) is 6.04 Å². The molecule has 1 aromatic rings. The number of nitrogens with zero attached hydrogens (tertiary/aromatic N) is 2. The van der Waals surface area contributed by atoms with Crippen LogP contribution in [0.1, 0.15) is 26.7 Å². The van der Waals surface area contributed by atoms with Crippen molar-refractivity contribution in [2.75, 3.05) is 11.1 Å². The van der Waals surface area contributed by atoms with E-state index in [-0.39, 0.29) is 17.8 Å². The third-order valence-electron chi connectivity index (χ3n) is 2.09. The van der Waals surface area contributed by atoms with Gasteiger partial charge in [0.2, 0.25) is 5.95 Å². The average molecular weight is 198 g/mol. The molecule has 0 amide bonds. The monoisotopic (exact) mass is 198 g/mol. The van der Waals surface area contributed by atoms with E-state index in [0.717, 1.165) is 19.0 Å². The lowest BCUT2D eigenvalue weighted by molar-refractivity contribution is 0.603. The minimum atomic E-state index is -0.467. The van der Waals surface area contributed by atoms with Crippen LogP contribution < -0.4 is 11.1 Å². The first-order valence-electron chi connectivity index (χ1n) is 4.71. The fraction of sp³-hybridized carbons (Fsp3) is 0.556. The third-order valence-corrected chi connectivity index (χ3v) is 2.09. The van der Waals surface area contributed by atoms with Gasteiger partial charge in [0.05, 0.1) is 6.20 Å². The highest BCUT2D eigenvalue weighted by Crippen LogP contribution is 2.13. The van der Waals surface area contributed by atoms with E-state index in [1.54, 1.807) is 0 Å². The molecule has 0 bridgehead atoms. The fourth-order valence-corrected chi connectivity index (χ4v) is 1.17. The summed E-state index contributed by atoms with van der Waals surface area (Å²) in [6.45, 7) is 4.06. The Bertz CT molecular complexity index is 299. The van der Waals surface area contributed by atoms with Crippen molar-refractivity contribution < 1.29 is 4.39 Å². The molecule has 4 nitrogen and oxygen atoms in total. The van der Waals surface area contributed by atoms with E-state index in [1.165, 1.54) is 0 Å². The first-order valence-corrected chi connectivity index (χ1v) is 4.71. The van der Waals surface area contributed by atoms with Crippen LogP contribution in [-0.2, 0) is 0 Å². The number of hydrogen-bond acceptors (Lipinski definition) is 4. The number of aromatic nitrogens is 2. The molecule has 78 valence electrons. The summed E-state index contributed by atoms with van der Waals surface area (Å²) in [5.41, 5.74) is 5.36. The second kappa shape index (κ2) is 4.74. The Morgan fingerprint density at radius 1 is 1.50 bits per heavy atom. The Morgan fingerprint density at radius 3 is 2.71 bits per heavy atom. The first-order chi connectivity index (χ1) is 6.67. The maximum atomic E-state index is 13.2. The van der Waals surface area contributed by atoms with Crippen molar-refractivity contribution in [2.24, 2.45) is 0 Å². The molecule has 0 spiro atoms. The molecular weight excluding hydrogens is 183 g/mol. The van der Waals surface area contributed by atoms with E-state index >= 15 is 0 Å². The summed E-state index contributed by atoms with van der Waals surface area (Å²) in [7, 11) is 0. The minimum absolute atomic E-state index is 0.0832. The second-order valence-corrected chi connectivity index (χ2v) is 3.08. The number of anilines is 2. The van der Waals surface area contributed by atoms with Crippen LogP contribution in [0, 0.1) is 5.82 Å². The van der Waals surface area contributed by atoms with Crippen LogP contribution in [0.25, 0.3) is 0 Å². The van der Waals surface area contributed by atoms with Crippen molar-refractivity contribution in [3.63, 3.8) is 0 Å². The molecule has 14 heavy (non-hydrogen) atoms. The van der Waals surface area contributed by atoms with Crippen LogP contribution in [0.4, 0.5) is 16.2 Å². The summed E-state index contributed by atoms with van der Waals surface area (Å²) >= 11 is 0. The van der Waals surface area contributed by atoms with Crippen LogP contribution in [-0.4, -0.2) is 16.0 Å². The highest BCUT2D eigenvalue weighted by Gasteiger charge is 2.09. The quantitative estimate of drug-likeness (QED) is 0.774. The summed E-state index contributed by atoms with van der Waals surface area (Å²) in [6.07, 6.45) is 2.91. The zero-order chi connectivity index (χ0) is 10.6. The molecule has 0 unspecified atom stereocenters. The first kappa shape index (κ1) is 10.7. The summed E-state index contributed by atoms with van der Waals surface area (Å²) in [6, 6.07) is 0.221. The molecule has 0 aliphatic heterocycles. The number of nitrogens with one attached hydrogen (secondary N) is 1. The van der Waals surface area contributed by atoms with Crippen molar-refractivity contribution in [3.8, 4) is 0 Å². The summed E-state index contributed by atoms with van der Waals surface area (Å²) < 4.78 is 13.2. The maximum Gasteiger partial charge on any atom is 0.222 e. The molecule has 0 saturated heterocycles. The van der Waals surface area contributed by atoms with Gasteiger partial charge in [0.15, 0.2) is 11.6 Å². The smallest absolute Gasteiger partial charge is 0.222 e.